The number of aryl methyl sites for hydroxylation is 1. The Morgan fingerprint density at radius 1 is 1.10 bits per heavy atom. The van der Waals surface area contributed by atoms with Gasteiger partial charge in [0.1, 0.15) is 11.6 Å². The van der Waals surface area contributed by atoms with Crippen LogP contribution in [0.4, 0.5) is 13.2 Å². The number of hydrogen-bond acceptors (Lipinski definition) is 2. The molecule has 0 radical (unpaired) electrons. The number of rotatable bonds is 4. The number of ether oxygens (including phenoxy) is 1. The lowest BCUT2D eigenvalue weighted by molar-refractivity contribution is -0.0498. The first-order chi connectivity index (χ1) is 9.47. The highest BCUT2D eigenvalue weighted by atomic mass is 19.3. The first-order valence-electron chi connectivity index (χ1n) is 5.83. The molecule has 0 fully saturated rings. The molecule has 2 rings (SSSR count). The van der Waals surface area contributed by atoms with Crippen molar-refractivity contribution in [1.82, 2.24) is 0 Å². The van der Waals surface area contributed by atoms with Crippen molar-refractivity contribution in [2.75, 3.05) is 0 Å². The average molecular weight is 280 g/mol. The van der Waals surface area contributed by atoms with Crippen LogP contribution in [0.1, 0.15) is 21.5 Å². The number of halogens is 3. The summed E-state index contributed by atoms with van der Waals surface area (Å²) in [5.74, 6) is -0.908. The van der Waals surface area contributed by atoms with Gasteiger partial charge in [-0.2, -0.15) is 8.78 Å². The fraction of sp³-hybridized carbons (Fsp3) is 0.133. The van der Waals surface area contributed by atoms with Crippen LogP contribution in [0.15, 0.2) is 42.5 Å². The summed E-state index contributed by atoms with van der Waals surface area (Å²) in [4.78, 5) is 12.2. The molecule has 0 saturated heterocycles. The molecule has 0 bridgehead atoms. The van der Waals surface area contributed by atoms with Crippen molar-refractivity contribution in [3.63, 3.8) is 0 Å². The molecule has 0 amide bonds. The fourth-order valence-electron chi connectivity index (χ4n) is 1.78. The summed E-state index contributed by atoms with van der Waals surface area (Å²) in [5.41, 5.74) is 1.16. The molecule has 0 N–H and O–H groups in total. The van der Waals surface area contributed by atoms with Crippen LogP contribution in [0.25, 0.3) is 0 Å². The predicted molar refractivity (Wildman–Crippen MR) is 67.6 cm³/mol. The van der Waals surface area contributed by atoms with Crippen molar-refractivity contribution >= 4 is 5.78 Å². The Labute approximate surface area is 113 Å². The number of carbonyl (C=O) groups excluding carboxylic acids is 1. The second kappa shape index (κ2) is 5.77. The van der Waals surface area contributed by atoms with Crippen molar-refractivity contribution in [3.05, 3.63) is 65.0 Å². The normalized spacial score (nSPS) is 10.7. The molecule has 0 spiro atoms. The quantitative estimate of drug-likeness (QED) is 0.792. The van der Waals surface area contributed by atoms with Gasteiger partial charge in [-0.05, 0) is 48.9 Å². The van der Waals surface area contributed by atoms with E-state index in [-0.39, 0.29) is 22.7 Å². The van der Waals surface area contributed by atoms with Gasteiger partial charge < -0.3 is 4.74 Å². The highest BCUT2D eigenvalue weighted by Crippen LogP contribution is 2.19. The summed E-state index contributed by atoms with van der Waals surface area (Å²) in [6.07, 6.45) is 0. The molecular formula is C15H11F3O2. The molecule has 0 aliphatic heterocycles. The van der Waals surface area contributed by atoms with Gasteiger partial charge in [0.05, 0.1) is 0 Å². The Hall–Kier alpha value is -2.30. The molecule has 0 aromatic heterocycles. The topological polar surface area (TPSA) is 26.3 Å². The Bertz CT molecular complexity index is 622. The number of benzene rings is 2. The third-order valence-electron chi connectivity index (χ3n) is 2.79. The molecule has 0 aliphatic carbocycles. The molecule has 0 aliphatic rings. The molecule has 2 aromatic carbocycles. The maximum atomic E-state index is 13.2. The van der Waals surface area contributed by atoms with Crippen LogP contribution in [0, 0.1) is 12.7 Å². The van der Waals surface area contributed by atoms with Gasteiger partial charge in [0.25, 0.3) is 0 Å². The second-order valence-electron chi connectivity index (χ2n) is 4.19. The lowest BCUT2D eigenvalue weighted by Crippen LogP contribution is -2.05. The van der Waals surface area contributed by atoms with Crippen LogP contribution >= 0.6 is 0 Å². The van der Waals surface area contributed by atoms with E-state index in [1.54, 1.807) is 6.92 Å². The molecule has 2 aromatic rings. The van der Waals surface area contributed by atoms with E-state index in [0.717, 1.165) is 6.07 Å². The molecule has 0 saturated carbocycles. The molecule has 20 heavy (non-hydrogen) atoms. The van der Waals surface area contributed by atoms with Crippen LogP contribution in [0.5, 0.6) is 5.75 Å². The van der Waals surface area contributed by atoms with E-state index in [9.17, 15) is 18.0 Å². The Balaban J connectivity index is 2.27. The average Bonchev–Trinajstić information content (AvgIpc) is 2.41. The smallest absolute Gasteiger partial charge is 0.387 e. The maximum absolute atomic E-state index is 13.2. The highest BCUT2D eigenvalue weighted by Gasteiger charge is 2.13. The van der Waals surface area contributed by atoms with E-state index in [1.165, 1.54) is 36.4 Å². The zero-order valence-corrected chi connectivity index (χ0v) is 10.6. The van der Waals surface area contributed by atoms with E-state index >= 15 is 0 Å². The minimum Gasteiger partial charge on any atom is -0.435 e. The molecule has 0 unspecified atom stereocenters. The zero-order chi connectivity index (χ0) is 14.7. The van der Waals surface area contributed by atoms with E-state index in [0.29, 0.717) is 5.56 Å². The van der Waals surface area contributed by atoms with Crippen LogP contribution in [0.3, 0.4) is 0 Å². The van der Waals surface area contributed by atoms with Gasteiger partial charge in [0.15, 0.2) is 5.78 Å². The molecule has 104 valence electrons. The Morgan fingerprint density at radius 2 is 1.75 bits per heavy atom. The molecule has 0 heterocycles. The Morgan fingerprint density at radius 3 is 2.35 bits per heavy atom. The largest absolute Gasteiger partial charge is 0.435 e. The van der Waals surface area contributed by atoms with Gasteiger partial charge in [0, 0.05) is 11.1 Å². The number of carbonyl (C=O) groups is 1. The van der Waals surface area contributed by atoms with Gasteiger partial charge in [-0.25, -0.2) is 4.39 Å². The van der Waals surface area contributed by atoms with Gasteiger partial charge in [-0.15, -0.1) is 0 Å². The van der Waals surface area contributed by atoms with Crippen LogP contribution < -0.4 is 4.74 Å². The summed E-state index contributed by atoms with van der Waals surface area (Å²) in [6, 6.07) is 9.21. The molecule has 2 nitrogen and oxygen atoms in total. The van der Waals surface area contributed by atoms with Crippen LogP contribution in [-0.2, 0) is 0 Å². The predicted octanol–water partition coefficient (Wildman–Crippen LogP) is 3.97. The van der Waals surface area contributed by atoms with Crippen molar-refractivity contribution in [2.45, 2.75) is 13.5 Å². The number of alkyl halides is 2. The minimum absolute atomic E-state index is 0.0347. The lowest BCUT2D eigenvalue weighted by atomic mass is 9.99. The zero-order valence-electron chi connectivity index (χ0n) is 10.6. The highest BCUT2D eigenvalue weighted by molar-refractivity contribution is 6.09. The van der Waals surface area contributed by atoms with Gasteiger partial charge >= 0.3 is 6.61 Å². The summed E-state index contributed by atoms with van der Waals surface area (Å²) in [7, 11) is 0. The SMILES string of the molecule is Cc1ccc(F)cc1C(=O)c1ccc(OC(F)F)cc1. The molecule has 5 heteroatoms. The van der Waals surface area contributed by atoms with Gasteiger partial charge in [0.2, 0.25) is 0 Å². The first kappa shape index (κ1) is 14.1. The summed E-state index contributed by atoms with van der Waals surface area (Å²) < 4.78 is 41.4. The Kier molecular flexibility index (Phi) is 4.08. The maximum Gasteiger partial charge on any atom is 0.387 e. The monoisotopic (exact) mass is 280 g/mol. The number of ketones is 1. The standard InChI is InChI=1S/C15H11F3O2/c1-9-2-5-11(16)8-13(9)14(19)10-3-6-12(7-4-10)20-15(17)18/h2-8,15H,1H3. The summed E-state index contributed by atoms with van der Waals surface area (Å²) >= 11 is 0. The fourth-order valence-corrected chi connectivity index (χ4v) is 1.78. The summed E-state index contributed by atoms with van der Waals surface area (Å²) in [6.45, 7) is -1.22. The van der Waals surface area contributed by atoms with Gasteiger partial charge in [-0.1, -0.05) is 6.07 Å². The van der Waals surface area contributed by atoms with Gasteiger partial charge in [-0.3, -0.25) is 4.79 Å². The van der Waals surface area contributed by atoms with Crippen molar-refractivity contribution < 1.29 is 22.7 Å². The van der Waals surface area contributed by atoms with E-state index < -0.39 is 12.4 Å². The summed E-state index contributed by atoms with van der Waals surface area (Å²) in [5, 5.41) is 0. The lowest BCUT2D eigenvalue weighted by Gasteiger charge is -2.07. The molecular weight excluding hydrogens is 269 g/mol. The number of hydrogen-bond donors (Lipinski definition) is 0. The van der Waals surface area contributed by atoms with Crippen molar-refractivity contribution in [1.29, 1.82) is 0 Å². The minimum atomic E-state index is -2.91. The van der Waals surface area contributed by atoms with Crippen LogP contribution in [0.2, 0.25) is 0 Å². The van der Waals surface area contributed by atoms with Crippen LogP contribution in [-0.4, -0.2) is 12.4 Å². The third-order valence-corrected chi connectivity index (χ3v) is 2.79. The van der Waals surface area contributed by atoms with E-state index in [2.05, 4.69) is 4.74 Å². The first-order valence-corrected chi connectivity index (χ1v) is 5.83. The van der Waals surface area contributed by atoms with E-state index in [4.69, 9.17) is 0 Å². The molecule has 0 atom stereocenters. The third kappa shape index (κ3) is 3.17. The van der Waals surface area contributed by atoms with E-state index in [1.807, 2.05) is 0 Å². The van der Waals surface area contributed by atoms with Crippen molar-refractivity contribution in [3.8, 4) is 5.75 Å². The second-order valence-corrected chi connectivity index (χ2v) is 4.19. The van der Waals surface area contributed by atoms with Crippen molar-refractivity contribution in [2.24, 2.45) is 0 Å².